The molecular weight excluding hydrogens is 288 g/mol. The molecule has 1 aliphatic heterocycles. The normalized spacial score (nSPS) is 17.6. The van der Waals surface area contributed by atoms with E-state index in [0.29, 0.717) is 0 Å². The summed E-state index contributed by atoms with van der Waals surface area (Å²) in [6.45, 7) is 0.772. The van der Waals surface area contributed by atoms with Crippen molar-refractivity contribution in [2.24, 2.45) is 0 Å². The number of likely N-dealkylation sites (tertiary alicyclic amines) is 1. The molecule has 0 spiro atoms. The molecule has 0 aliphatic carbocycles. The third kappa shape index (κ3) is 2.54. The summed E-state index contributed by atoms with van der Waals surface area (Å²) in [7, 11) is 0. The molecule has 4 rings (SSSR count). The van der Waals surface area contributed by atoms with Crippen molar-refractivity contribution < 1.29 is 4.79 Å². The van der Waals surface area contributed by atoms with Crippen molar-refractivity contribution in [1.29, 1.82) is 0 Å². The molecule has 116 valence electrons. The molecule has 0 saturated carbocycles. The second-order valence-electron chi connectivity index (χ2n) is 5.79. The molecule has 2 amide bonds. The highest BCUT2D eigenvalue weighted by molar-refractivity contribution is 5.99. The van der Waals surface area contributed by atoms with Crippen LogP contribution in [-0.2, 0) is 0 Å². The maximum Gasteiger partial charge on any atom is 0.322 e. The standard InChI is InChI=1S/C18H18N4O/c23-18(22-12-4-9-16(22)14-8-3-10-19-14)21-15-7-1-5-13-6-2-11-20-17(13)15/h1-3,5-8,10-11,16,19H,4,9,12H2,(H,21,23)/t16-/m0/s1. The molecule has 1 saturated heterocycles. The monoisotopic (exact) mass is 306 g/mol. The predicted molar refractivity (Wildman–Crippen MR) is 90.2 cm³/mol. The van der Waals surface area contributed by atoms with Crippen LogP contribution >= 0.6 is 0 Å². The number of hydrogen-bond acceptors (Lipinski definition) is 2. The number of amides is 2. The minimum atomic E-state index is -0.0692. The summed E-state index contributed by atoms with van der Waals surface area (Å²) < 4.78 is 0. The van der Waals surface area contributed by atoms with E-state index in [1.807, 2.05) is 53.6 Å². The van der Waals surface area contributed by atoms with Crippen LogP contribution in [0.4, 0.5) is 10.5 Å². The van der Waals surface area contributed by atoms with Crippen LogP contribution in [0.25, 0.3) is 10.9 Å². The molecule has 5 nitrogen and oxygen atoms in total. The molecule has 0 bridgehead atoms. The average Bonchev–Trinajstić information content (AvgIpc) is 3.26. The fraction of sp³-hybridized carbons (Fsp3) is 0.222. The number of fused-ring (bicyclic) bond motifs is 1. The van der Waals surface area contributed by atoms with Gasteiger partial charge in [0.2, 0.25) is 0 Å². The highest BCUT2D eigenvalue weighted by atomic mass is 16.2. The Bertz CT molecular complexity index is 823. The van der Waals surface area contributed by atoms with Crippen LogP contribution in [0.3, 0.4) is 0 Å². The van der Waals surface area contributed by atoms with Gasteiger partial charge in [-0.05, 0) is 37.1 Å². The molecule has 1 aliphatic rings. The van der Waals surface area contributed by atoms with Crippen molar-refractivity contribution in [3.05, 3.63) is 60.6 Å². The van der Waals surface area contributed by atoms with Gasteiger partial charge in [-0.15, -0.1) is 0 Å². The summed E-state index contributed by atoms with van der Waals surface area (Å²) in [4.78, 5) is 22.2. The Morgan fingerprint density at radius 1 is 1.22 bits per heavy atom. The van der Waals surface area contributed by atoms with E-state index in [9.17, 15) is 4.79 Å². The van der Waals surface area contributed by atoms with Crippen molar-refractivity contribution >= 4 is 22.6 Å². The zero-order chi connectivity index (χ0) is 15.6. The summed E-state index contributed by atoms with van der Waals surface area (Å²) in [6, 6.07) is 13.8. The number of carbonyl (C=O) groups excluding carboxylic acids is 1. The van der Waals surface area contributed by atoms with E-state index in [2.05, 4.69) is 15.3 Å². The van der Waals surface area contributed by atoms with Crippen molar-refractivity contribution in [1.82, 2.24) is 14.9 Å². The van der Waals surface area contributed by atoms with Crippen LogP contribution in [0.15, 0.2) is 54.9 Å². The lowest BCUT2D eigenvalue weighted by molar-refractivity contribution is 0.206. The lowest BCUT2D eigenvalue weighted by Crippen LogP contribution is -2.34. The number of urea groups is 1. The maximum atomic E-state index is 12.7. The first-order chi connectivity index (χ1) is 11.3. The van der Waals surface area contributed by atoms with Crippen LogP contribution in [0.2, 0.25) is 0 Å². The Morgan fingerprint density at radius 3 is 3.00 bits per heavy atom. The third-order valence-electron chi connectivity index (χ3n) is 4.37. The molecule has 23 heavy (non-hydrogen) atoms. The Balaban J connectivity index is 1.59. The first-order valence-corrected chi connectivity index (χ1v) is 7.87. The molecule has 0 unspecified atom stereocenters. The summed E-state index contributed by atoms with van der Waals surface area (Å²) in [5, 5.41) is 4.05. The minimum Gasteiger partial charge on any atom is -0.363 e. The second kappa shape index (κ2) is 5.76. The van der Waals surface area contributed by atoms with E-state index in [1.165, 1.54) is 0 Å². The lowest BCUT2D eigenvalue weighted by atomic mass is 10.1. The predicted octanol–water partition coefficient (Wildman–Crippen LogP) is 3.93. The van der Waals surface area contributed by atoms with E-state index in [-0.39, 0.29) is 12.1 Å². The number of aromatic amines is 1. The van der Waals surface area contributed by atoms with Gasteiger partial charge < -0.3 is 15.2 Å². The van der Waals surface area contributed by atoms with Gasteiger partial charge >= 0.3 is 6.03 Å². The van der Waals surface area contributed by atoms with Crippen molar-refractivity contribution in [2.75, 3.05) is 11.9 Å². The number of rotatable bonds is 2. The van der Waals surface area contributed by atoms with Gasteiger partial charge in [0, 0.05) is 30.0 Å². The van der Waals surface area contributed by atoms with Crippen molar-refractivity contribution in [3.63, 3.8) is 0 Å². The van der Waals surface area contributed by atoms with E-state index in [1.54, 1.807) is 6.20 Å². The van der Waals surface area contributed by atoms with Gasteiger partial charge in [-0.1, -0.05) is 18.2 Å². The number of nitrogens with one attached hydrogen (secondary N) is 2. The Hall–Kier alpha value is -2.82. The number of benzene rings is 1. The van der Waals surface area contributed by atoms with Gasteiger partial charge in [-0.25, -0.2) is 4.79 Å². The smallest absolute Gasteiger partial charge is 0.322 e. The number of aromatic nitrogens is 2. The number of nitrogens with zero attached hydrogens (tertiary/aromatic N) is 2. The third-order valence-corrected chi connectivity index (χ3v) is 4.37. The zero-order valence-electron chi connectivity index (χ0n) is 12.7. The summed E-state index contributed by atoms with van der Waals surface area (Å²) in [5.41, 5.74) is 2.66. The molecule has 5 heteroatoms. The largest absolute Gasteiger partial charge is 0.363 e. The van der Waals surface area contributed by atoms with Crippen molar-refractivity contribution in [3.8, 4) is 0 Å². The Kier molecular flexibility index (Phi) is 3.46. The number of para-hydroxylation sites is 1. The summed E-state index contributed by atoms with van der Waals surface area (Å²) >= 11 is 0. The van der Waals surface area contributed by atoms with Crippen molar-refractivity contribution in [2.45, 2.75) is 18.9 Å². The SMILES string of the molecule is O=C(Nc1cccc2cccnc12)N1CCC[C@H]1c1ccc[nH]1. The first kappa shape index (κ1) is 13.8. The molecule has 1 fully saturated rings. The molecule has 0 radical (unpaired) electrons. The van der Waals surface area contributed by atoms with Gasteiger partial charge in [0.25, 0.3) is 0 Å². The van der Waals surface area contributed by atoms with Gasteiger partial charge in [-0.2, -0.15) is 0 Å². The van der Waals surface area contributed by atoms with Crippen LogP contribution in [0.5, 0.6) is 0 Å². The van der Waals surface area contributed by atoms with E-state index < -0.39 is 0 Å². The minimum absolute atomic E-state index is 0.0692. The molecule has 3 heterocycles. The average molecular weight is 306 g/mol. The maximum absolute atomic E-state index is 12.7. The lowest BCUT2D eigenvalue weighted by Gasteiger charge is -2.24. The van der Waals surface area contributed by atoms with Crippen LogP contribution < -0.4 is 5.32 Å². The highest BCUT2D eigenvalue weighted by Gasteiger charge is 2.30. The quantitative estimate of drug-likeness (QED) is 0.753. The number of H-pyrrole nitrogens is 1. The molecule has 1 aromatic carbocycles. The van der Waals surface area contributed by atoms with Gasteiger partial charge in [-0.3, -0.25) is 4.98 Å². The van der Waals surface area contributed by atoms with Crippen LogP contribution in [0.1, 0.15) is 24.6 Å². The number of carbonyl (C=O) groups is 1. The molecule has 3 aromatic rings. The highest BCUT2D eigenvalue weighted by Crippen LogP contribution is 2.31. The Morgan fingerprint density at radius 2 is 2.13 bits per heavy atom. The molecular formula is C18H18N4O. The topological polar surface area (TPSA) is 61.0 Å². The van der Waals surface area contributed by atoms with E-state index in [4.69, 9.17) is 0 Å². The van der Waals surface area contributed by atoms with E-state index in [0.717, 1.165) is 41.7 Å². The number of pyridine rings is 1. The zero-order valence-corrected chi connectivity index (χ0v) is 12.7. The van der Waals surface area contributed by atoms with Crippen LogP contribution in [-0.4, -0.2) is 27.4 Å². The summed E-state index contributed by atoms with van der Waals surface area (Å²) in [6.07, 6.45) is 5.65. The fourth-order valence-corrected chi connectivity index (χ4v) is 3.28. The van der Waals surface area contributed by atoms with Crippen LogP contribution in [0, 0.1) is 0 Å². The second-order valence-corrected chi connectivity index (χ2v) is 5.79. The summed E-state index contributed by atoms with van der Waals surface area (Å²) in [5.74, 6) is 0. The Labute approximate surface area is 134 Å². The fourth-order valence-electron chi connectivity index (χ4n) is 3.28. The number of anilines is 1. The van der Waals surface area contributed by atoms with E-state index >= 15 is 0 Å². The van der Waals surface area contributed by atoms with Gasteiger partial charge in [0.05, 0.1) is 17.2 Å². The molecule has 1 atom stereocenters. The molecule has 2 aromatic heterocycles. The van der Waals surface area contributed by atoms with Gasteiger partial charge in [0.1, 0.15) is 0 Å². The van der Waals surface area contributed by atoms with Gasteiger partial charge in [0.15, 0.2) is 0 Å². The molecule has 2 N–H and O–H groups in total. The number of hydrogen-bond donors (Lipinski definition) is 2. The first-order valence-electron chi connectivity index (χ1n) is 7.87.